The fourth-order valence-corrected chi connectivity index (χ4v) is 6.05. The third-order valence-electron chi connectivity index (χ3n) is 9.08. The molecule has 288 valence electrons. The highest BCUT2D eigenvalue weighted by Crippen LogP contribution is 2.42. The molecule has 0 atom stereocenters. The van der Waals surface area contributed by atoms with Crippen LogP contribution in [0.2, 0.25) is 0 Å². The number of aryl methyl sites for hydroxylation is 1. The Morgan fingerprint density at radius 1 is 0.607 bits per heavy atom. The van der Waals surface area contributed by atoms with E-state index in [0.717, 1.165) is 90.3 Å². The van der Waals surface area contributed by atoms with Crippen LogP contribution in [0.5, 0.6) is 0 Å². The number of amides is 2. The van der Waals surface area contributed by atoms with Crippen molar-refractivity contribution in [1.82, 2.24) is 19.6 Å². The Kier molecular flexibility index (Phi) is 10.5. The molecule has 56 heavy (non-hydrogen) atoms. The lowest BCUT2D eigenvalue weighted by Gasteiger charge is -2.11. The van der Waals surface area contributed by atoms with E-state index in [1.807, 2.05) is 13.0 Å². The van der Waals surface area contributed by atoms with Crippen LogP contribution in [0.25, 0.3) is 11.4 Å². The van der Waals surface area contributed by atoms with E-state index in [1.54, 1.807) is 4.68 Å². The minimum atomic E-state index is -2.85. The molecule has 2 aliphatic carbocycles. The van der Waals surface area contributed by atoms with Crippen LogP contribution in [0.4, 0.5) is 46.5 Å². The van der Waals surface area contributed by atoms with Crippen molar-refractivity contribution < 1.29 is 44.7 Å². The molecule has 0 aliphatic heterocycles. The molecule has 2 N–H and O–H groups in total. The van der Waals surface area contributed by atoms with E-state index in [4.69, 9.17) is 0 Å². The number of anilines is 2. The number of hydrogen-bond donors (Lipinski definition) is 2. The second-order valence-electron chi connectivity index (χ2n) is 13.3. The lowest BCUT2D eigenvalue weighted by molar-refractivity contribution is 0.101. The van der Waals surface area contributed by atoms with Crippen molar-refractivity contribution in [2.75, 3.05) is 10.6 Å². The van der Waals surface area contributed by atoms with Gasteiger partial charge in [-0.05, 0) is 105 Å². The fourth-order valence-electron chi connectivity index (χ4n) is 6.05. The van der Waals surface area contributed by atoms with Gasteiger partial charge in [-0.1, -0.05) is 12.1 Å². The van der Waals surface area contributed by atoms with Crippen LogP contribution < -0.4 is 10.6 Å². The van der Waals surface area contributed by atoms with Gasteiger partial charge in [-0.15, -0.1) is 0 Å². The number of alkyl halides is 2. The Hall–Kier alpha value is -6.32. The molecular weight excluding hydrogens is 748 g/mol. The molecule has 8 rings (SSSR count). The van der Waals surface area contributed by atoms with Crippen LogP contribution in [0, 0.1) is 41.8 Å². The molecule has 16 heteroatoms. The van der Waals surface area contributed by atoms with E-state index < -0.39 is 70.0 Å². The molecule has 0 unspecified atom stereocenters. The van der Waals surface area contributed by atoms with Crippen molar-refractivity contribution in [3.8, 4) is 11.4 Å². The molecule has 2 amide bonds. The third-order valence-corrected chi connectivity index (χ3v) is 9.08. The summed E-state index contributed by atoms with van der Waals surface area (Å²) >= 11 is 0. The molecule has 6 aromatic rings. The maximum absolute atomic E-state index is 14.7. The number of carbonyl (C=O) groups is 2. The zero-order chi connectivity index (χ0) is 39.8. The first kappa shape index (κ1) is 38.0. The topological polar surface area (TPSA) is 93.8 Å². The summed E-state index contributed by atoms with van der Waals surface area (Å²) in [5.74, 6) is -7.20. The normalized spacial score (nSPS) is 13.7. The Morgan fingerprint density at radius 2 is 1.07 bits per heavy atom. The summed E-state index contributed by atoms with van der Waals surface area (Å²) in [5, 5.41) is 13.0. The number of nitrogens with one attached hydrogen (secondary N) is 2. The quantitative estimate of drug-likeness (QED) is 0.143. The van der Waals surface area contributed by atoms with Crippen molar-refractivity contribution in [2.24, 2.45) is 0 Å². The van der Waals surface area contributed by atoms with Gasteiger partial charge in [0.2, 0.25) is 0 Å². The largest absolute Gasteiger partial charge is 0.322 e. The van der Waals surface area contributed by atoms with Crippen molar-refractivity contribution in [2.45, 2.75) is 50.9 Å². The highest BCUT2D eigenvalue weighted by Gasteiger charge is 2.31. The van der Waals surface area contributed by atoms with Crippen molar-refractivity contribution in [1.29, 1.82) is 0 Å². The number of hydrogen-bond acceptors (Lipinski definition) is 4. The van der Waals surface area contributed by atoms with Crippen LogP contribution in [0.1, 0.15) is 87.4 Å². The first-order valence-corrected chi connectivity index (χ1v) is 17.3. The van der Waals surface area contributed by atoms with Gasteiger partial charge in [-0.3, -0.25) is 9.59 Å². The van der Waals surface area contributed by atoms with E-state index >= 15 is 0 Å². The number of benzene rings is 4. The molecule has 0 saturated heterocycles. The Labute approximate surface area is 313 Å². The van der Waals surface area contributed by atoms with E-state index in [-0.39, 0.29) is 28.7 Å². The summed E-state index contributed by atoms with van der Waals surface area (Å²) in [5.41, 5.74) is 0.331. The first-order chi connectivity index (χ1) is 26.8. The summed E-state index contributed by atoms with van der Waals surface area (Å²) in [7, 11) is 0. The third kappa shape index (κ3) is 8.04. The van der Waals surface area contributed by atoms with Gasteiger partial charge in [0.05, 0.1) is 11.4 Å². The monoisotopic (exact) mass is 778 g/mol. The van der Waals surface area contributed by atoms with E-state index in [1.165, 1.54) is 30.3 Å². The van der Waals surface area contributed by atoms with Crippen LogP contribution >= 0.6 is 0 Å². The van der Waals surface area contributed by atoms with Crippen LogP contribution in [0.3, 0.4) is 0 Å². The lowest BCUT2D eigenvalue weighted by Crippen LogP contribution is -2.16. The minimum Gasteiger partial charge on any atom is -0.322 e. The molecule has 2 heterocycles. The summed E-state index contributed by atoms with van der Waals surface area (Å²) in [6, 6.07) is 16.6. The number of carbonyl (C=O) groups excluding carboxylic acids is 2. The molecule has 2 fully saturated rings. The maximum Gasteiger partial charge on any atom is 0.280 e. The Bertz CT molecular complexity index is 2430. The molecule has 0 spiro atoms. The molecule has 0 radical (unpaired) electrons. The molecule has 2 aliphatic rings. The van der Waals surface area contributed by atoms with Gasteiger partial charge in [0, 0.05) is 28.9 Å². The minimum absolute atomic E-state index is 0.0907. The highest BCUT2D eigenvalue weighted by molar-refractivity contribution is 6.05. The van der Waals surface area contributed by atoms with Crippen LogP contribution in [0.15, 0.2) is 84.9 Å². The van der Waals surface area contributed by atoms with Gasteiger partial charge in [0.15, 0.2) is 11.6 Å². The molecular formula is C40H30F8N6O2. The lowest BCUT2D eigenvalue weighted by atomic mass is 10.1. The number of aromatic nitrogens is 4. The highest BCUT2D eigenvalue weighted by atomic mass is 19.3. The first-order valence-electron chi connectivity index (χ1n) is 17.3. The molecule has 8 nitrogen and oxygen atoms in total. The second kappa shape index (κ2) is 15.4. The van der Waals surface area contributed by atoms with Gasteiger partial charge in [0.25, 0.3) is 18.2 Å². The molecule has 2 aromatic heterocycles. The van der Waals surface area contributed by atoms with Gasteiger partial charge in [-0.2, -0.15) is 10.2 Å². The summed E-state index contributed by atoms with van der Waals surface area (Å²) in [4.78, 5) is 24.3. The number of nitrogens with zero attached hydrogens (tertiary/aromatic N) is 4. The average molecular weight is 779 g/mol. The fraction of sp³-hybridized carbons (Fsp3) is 0.200. The van der Waals surface area contributed by atoms with Gasteiger partial charge in [-0.25, -0.2) is 44.5 Å². The standard InChI is InChI=1S/C20H14F5N3O.C20H16F3N3O/c21-12-2-1-3-13(22)18(12)20(29)26-11-6-7-16(14(23)8-11)28-17(19(24)25)9-15(27-28)10-4-5-10;1-11-9-18(12-5-6-12)26(25-11)17-8-7-13(10-16(17)23)24-20(27)19-14(21)3-2-4-15(19)22/h1-3,6-10,19H,4-5H2,(H,26,29);2-4,7-10,12H,5-6H2,1H3,(H,24,27). The molecule has 4 aromatic carbocycles. The number of rotatable bonds is 9. The predicted octanol–water partition coefficient (Wildman–Crippen LogP) is 10.1. The zero-order valence-electron chi connectivity index (χ0n) is 29.3. The van der Waals surface area contributed by atoms with Gasteiger partial charge >= 0.3 is 0 Å². The van der Waals surface area contributed by atoms with Crippen LogP contribution in [-0.4, -0.2) is 31.4 Å². The zero-order valence-corrected chi connectivity index (χ0v) is 29.3. The van der Waals surface area contributed by atoms with E-state index in [2.05, 4.69) is 20.8 Å². The van der Waals surface area contributed by atoms with Gasteiger partial charge in [0.1, 0.15) is 51.5 Å². The van der Waals surface area contributed by atoms with Crippen molar-refractivity contribution in [3.05, 3.63) is 154 Å². The number of halogens is 8. The summed E-state index contributed by atoms with van der Waals surface area (Å²) < 4.78 is 113. The van der Waals surface area contributed by atoms with Crippen molar-refractivity contribution >= 4 is 23.2 Å². The average Bonchev–Trinajstić information content (AvgIpc) is 4.08. The SMILES string of the molecule is Cc1cc(C2CC2)n(-c2ccc(NC(=O)c3c(F)cccc3F)cc2F)n1.O=C(Nc1ccc(-n2nc(C3CC3)cc2C(F)F)c(F)c1)c1c(F)cccc1F. The van der Waals surface area contributed by atoms with E-state index in [0.29, 0.717) is 11.6 Å². The molecule has 0 bridgehead atoms. The van der Waals surface area contributed by atoms with Crippen molar-refractivity contribution in [3.63, 3.8) is 0 Å². The smallest absolute Gasteiger partial charge is 0.280 e. The second-order valence-corrected chi connectivity index (χ2v) is 13.3. The summed E-state index contributed by atoms with van der Waals surface area (Å²) in [6.45, 7) is 1.85. The van der Waals surface area contributed by atoms with Gasteiger partial charge < -0.3 is 10.6 Å². The van der Waals surface area contributed by atoms with Crippen LogP contribution in [-0.2, 0) is 0 Å². The Morgan fingerprint density at radius 3 is 1.50 bits per heavy atom. The molecule has 2 saturated carbocycles. The Balaban J connectivity index is 0.000000172. The maximum atomic E-state index is 14.7. The van der Waals surface area contributed by atoms with E-state index in [9.17, 15) is 44.7 Å². The summed E-state index contributed by atoms with van der Waals surface area (Å²) in [6.07, 6.45) is 0.946. The predicted molar refractivity (Wildman–Crippen MR) is 189 cm³/mol.